The van der Waals surface area contributed by atoms with Gasteiger partial charge in [-0.15, -0.1) is 0 Å². The number of rotatable bonds is 4. The van der Waals surface area contributed by atoms with Gasteiger partial charge < -0.3 is 4.90 Å². The van der Waals surface area contributed by atoms with Crippen LogP contribution >= 0.6 is 0 Å². The fraction of sp³-hybridized carbons (Fsp3) is 0.526. The average Bonchev–Trinajstić information content (AvgIpc) is 3.25. The third-order valence-electron chi connectivity index (χ3n) is 5.73. The molecule has 0 radical (unpaired) electrons. The molecule has 5 nitrogen and oxygen atoms in total. The van der Waals surface area contributed by atoms with Gasteiger partial charge in [0.15, 0.2) is 0 Å². The highest BCUT2D eigenvalue weighted by Crippen LogP contribution is 2.44. The van der Waals surface area contributed by atoms with E-state index >= 15 is 0 Å². The van der Waals surface area contributed by atoms with Crippen LogP contribution < -0.4 is 0 Å². The van der Waals surface area contributed by atoms with Crippen molar-refractivity contribution in [3.05, 3.63) is 48.0 Å². The summed E-state index contributed by atoms with van der Waals surface area (Å²) in [7, 11) is -3.33. The Morgan fingerprint density at radius 3 is 2.32 bits per heavy atom. The molecule has 1 aromatic carbocycles. The maximum absolute atomic E-state index is 12.8. The molecule has 1 amide bonds. The third kappa shape index (κ3) is 3.37. The van der Waals surface area contributed by atoms with E-state index in [-0.39, 0.29) is 17.6 Å². The van der Waals surface area contributed by atoms with Crippen molar-refractivity contribution in [1.29, 1.82) is 0 Å². The minimum absolute atomic E-state index is 0.0267. The van der Waals surface area contributed by atoms with E-state index in [1.165, 1.54) is 4.31 Å². The highest BCUT2D eigenvalue weighted by molar-refractivity contribution is 7.88. The number of hydrogen-bond donors (Lipinski definition) is 0. The summed E-state index contributed by atoms with van der Waals surface area (Å²) in [5.74, 6) is 1.34. The average molecular weight is 360 g/mol. The van der Waals surface area contributed by atoms with Crippen LogP contribution in [0.15, 0.2) is 42.5 Å². The Bertz CT molecular complexity index is 767. The second kappa shape index (κ2) is 6.57. The van der Waals surface area contributed by atoms with Crippen LogP contribution in [0.3, 0.4) is 0 Å². The van der Waals surface area contributed by atoms with Crippen LogP contribution in [0.4, 0.5) is 0 Å². The molecule has 3 atom stereocenters. The van der Waals surface area contributed by atoms with Crippen molar-refractivity contribution in [2.75, 3.05) is 26.2 Å². The van der Waals surface area contributed by atoms with Gasteiger partial charge in [0.1, 0.15) is 0 Å². The molecule has 1 heterocycles. The topological polar surface area (TPSA) is 57.7 Å². The van der Waals surface area contributed by atoms with Gasteiger partial charge in [-0.05, 0) is 30.2 Å². The van der Waals surface area contributed by atoms with E-state index in [4.69, 9.17) is 0 Å². The van der Waals surface area contributed by atoms with Crippen molar-refractivity contribution in [3.63, 3.8) is 0 Å². The Morgan fingerprint density at radius 2 is 1.72 bits per heavy atom. The first-order valence-corrected chi connectivity index (χ1v) is 10.6. The standard InChI is InChI=1S/C19H24N2O3S/c22-19(18-13-16-6-7-17(18)12-16)20-8-10-21(11-9-20)25(23,24)14-15-4-2-1-3-5-15/h1-7,16-18H,8-14H2. The Labute approximate surface area is 149 Å². The first-order valence-electron chi connectivity index (χ1n) is 9.02. The number of fused-ring (bicyclic) bond motifs is 2. The fourth-order valence-corrected chi connectivity index (χ4v) is 5.88. The van der Waals surface area contributed by atoms with E-state index in [9.17, 15) is 13.2 Å². The van der Waals surface area contributed by atoms with E-state index in [1.807, 2.05) is 35.2 Å². The van der Waals surface area contributed by atoms with E-state index in [0.29, 0.717) is 38.0 Å². The molecule has 4 rings (SSSR count). The number of benzene rings is 1. The summed E-state index contributed by atoms with van der Waals surface area (Å²) in [5, 5.41) is 0. The number of nitrogens with zero attached hydrogens (tertiary/aromatic N) is 2. The van der Waals surface area contributed by atoms with Gasteiger partial charge in [-0.3, -0.25) is 4.79 Å². The first-order chi connectivity index (χ1) is 12.0. The molecule has 1 aliphatic heterocycles. The smallest absolute Gasteiger partial charge is 0.226 e. The number of hydrogen-bond acceptors (Lipinski definition) is 3. The maximum atomic E-state index is 12.8. The van der Waals surface area contributed by atoms with Crippen molar-refractivity contribution in [3.8, 4) is 0 Å². The monoisotopic (exact) mass is 360 g/mol. The van der Waals surface area contributed by atoms with Crippen LogP contribution in [0.1, 0.15) is 18.4 Å². The van der Waals surface area contributed by atoms with Crippen molar-refractivity contribution in [2.45, 2.75) is 18.6 Å². The largest absolute Gasteiger partial charge is 0.340 e. The molecule has 0 spiro atoms. The lowest BCUT2D eigenvalue weighted by atomic mass is 9.92. The lowest BCUT2D eigenvalue weighted by Crippen LogP contribution is -2.52. The van der Waals surface area contributed by atoms with Gasteiger partial charge in [0.2, 0.25) is 15.9 Å². The van der Waals surface area contributed by atoms with Gasteiger partial charge in [-0.1, -0.05) is 42.5 Å². The summed E-state index contributed by atoms with van der Waals surface area (Å²) in [6.45, 7) is 1.81. The van der Waals surface area contributed by atoms with Crippen molar-refractivity contribution < 1.29 is 13.2 Å². The zero-order valence-electron chi connectivity index (χ0n) is 14.3. The summed E-state index contributed by atoms with van der Waals surface area (Å²) in [6.07, 6.45) is 6.51. The molecule has 3 unspecified atom stereocenters. The normalized spacial score (nSPS) is 29.3. The fourth-order valence-electron chi connectivity index (χ4n) is 4.36. The summed E-state index contributed by atoms with van der Waals surface area (Å²) in [4.78, 5) is 14.6. The van der Waals surface area contributed by atoms with E-state index in [2.05, 4.69) is 12.2 Å². The molecule has 1 aromatic rings. The second-order valence-corrected chi connectivity index (χ2v) is 9.32. The molecule has 1 saturated heterocycles. The van der Waals surface area contributed by atoms with Crippen LogP contribution in [0.5, 0.6) is 0 Å². The molecule has 3 aliphatic rings. The molecule has 0 N–H and O–H groups in total. The Balaban J connectivity index is 1.35. The van der Waals surface area contributed by atoms with Gasteiger partial charge in [0, 0.05) is 32.1 Å². The van der Waals surface area contributed by atoms with Gasteiger partial charge in [0.25, 0.3) is 0 Å². The number of allylic oxidation sites excluding steroid dienone is 2. The molecular weight excluding hydrogens is 336 g/mol. The number of sulfonamides is 1. The molecule has 2 aliphatic carbocycles. The Kier molecular flexibility index (Phi) is 4.41. The number of piperazine rings is 1. The Hall–Kier alpha value is -1.66. The third-order valence-corrected chi connectivity index (χ3v) is 7.58. The zero-order chi connectivity index (χ0) is 17.4. The zero-order valence-corrected chi connectivity index (χ0v) is 15.1. The second-order valence-electron chi connectivity index (χ2n) is 7.35. The summed E-state index contributed by atoms with van der Waals surface area (Å²) in [6, 6.07) is 9.25. The summed E-state index contributed by atoms with van der Waals surface area (Å²) in [5.41, 5.74) is 0.801. The van der Waals surface area contributed by atoms with Crippen LogP contribution in [0, 0.1) is 17.8 Å². The van der Waals surface area contributed by atoms with E-state index in [0.717, 1.165) is 18.4 Å². The molecule has 2 bridgehead atoms. The molecule has 6 heteroatoms. The Morgan fingerprint density at radius 1 is 1.00 bits per heavy atom. The molecule has 2 fully saturated rings. The summed E-state index contributed by atoms with van der Waals surface area (Å²) < 4.78 is 26.7. The minimum Gasteiger partial charge on any atom is -0.340 e. The predicted molar refractivity (Wildman–Crippen MR) is 96.1 cm³/mol. The quantitative estimate of drug-likeness (QED) is 0.771. The SMILES string of the molecule is O=C(C1CC2C=CC1C2)N1CCN(S(=O)(=O)Cc2ccccc2)CC1. The predicted octanol–water partition coefficient (Wildman–Crippen LogP) is 1.87. The lowest BCUT2D eigenvalue weighted by Gasteiger charge is -2.36. The molecule has 0 aromatic heterocycles. The number of amides is 1. The van der Waals surface area contributed by atoms with Gasteiger partial charge in [0.05, 0.1) is 5.75 Å². The first kappa shape index (κ1) is 16.8. The van der Waals surface area contributed by atoms with Crippen LogP contribution in [0.2, 0.25) is 0 Å². The highest BCUT2D eigenvalue weighted by Gasteiger charge is 2.42. The van der Waals surface area contributed by atoms with Crippen LogP contribution in [-0.2, 0) is 20.6 Å². The van der Waals surface area contributed by atoms with Gasteiger partial charge >= 0.3 is 0 Å². The minimum atomic E-state index is -3.33. The van der Waals surface area contributed by atoms with Crippen molar-refractivity contribution in [2.24, 2.45) is 17.8 Å². The number of carbonyl (C=O) groups is 1. The summed E-state index contributed by atoms with van der Waals surface area (Å²) >= 11 is 0. The highest BCUT2D eigenvalue weighted by atomic mass is 32.2. The van der Waals surface area contributed by atoms with Crippen LogP contribution in [-0.4, -0.2) is 49.7 Å². The van der Waals surface area contributed by atoms with Crippen molar-refractivity contribution in [1.82, 2.24) is 9.21 Å². The van der Waals surface area contributed by atoms with E-state index < -0.39 is 10.0 Å². The number of carbonyl (C=O) groups excluding carboxylic acids is 1. The molecule has 134 valence electrons. The van der Waals surface area contributed by atoms with Crippen LogP contribution in [0.25, 0.3) is 0 Å². The molecule has 25 heavy (non-hydrogen) atoms. The lowest BCUT2D eigenvalue weighted by molar-refractivity contribution is -0.137. The molecule has 1 saturated carbocycles. The van der Waals surface area contributed by atoms with E-state index in [1.54, 1.807) is 0 Å². The van der Waals surface area contributed by atoms with Crippen molar-refractivity contribution >= 4 is 15.9 Å². The molecular formula is C19H24N2O3S. The maximum Gasteiger partial charge on any atom is 0.226 e. The van der Waals surface area contributed by atoms with Gasteiger partial charge in [-0.2, -0.15) is 4.31 Å². The van der Waals surface area contributed by atoms with Gasteiger partial charge in [-0.25, -0.2) is 8.42 Å².